The maximum Gasteiger partial charge on any atom is 0.240 e. The first-order chi connectivity index (χ1) is 13.9. The molecule has 3 aromatic rings. The second-order valence-corrected chi connectivity index (χ2v) is 8.44. The van der Waals surface area contributed by atoms with E-state index in [0.29, 0.717) is 25.6 Å². The molecule has 0 unspecified atom stereocenters. The zero-order valence-corrected chi connectivity index (χ0v) is 17.6. The summed E-state index contributed by atoms with van der Waals surface area (Å²) in [6, 6.07) is 14.7. The van der Waals surface area contributed by atoms with Crippen LogP contribution in [0.3, 0.4) is 0 Å². The first-order valence-corrected chi connectivity index (χ1v) is 10.9. The van der Waals surface area contributed by atoms with Gasteiger partial charge in [-0.15, -0.1) is 0 Å². The summed E-state index contributed by atoms with van der Waals surface area (Å²) in [5, 5.41) is 7.58. The van der Waals surface area contributed by atoms with Crippen LogP contribution in [-0.2, 0) is 23.1 Å². The van der Waals surface area contributed by atoms with Gasteiger partial charge >= 0.3 is 0 Å². The number of fused-ring (bicyclic) bond motifs is 1. The van der Waals surface area contributed by atoms with Gasteiger partial charge in [0.25, 0.3) is 0 Å². The fourth-order valence-corrected chi connectivity index (χ4v) is 3.80. The van der Waals surface area contributed by atoms with Gasteiger partial charge in [0.05, 0.1) is 18.0 Å². The van der Waals surface area contributed by atoms with Crippen LogP contribution in [0.1, 0.15) is 23.8 Å². The molecule has 154 valence electrons. The zero-order chi connectivity index (χ0) is 20.9. The molecule has 0 aliphatic carbocycles. The number of aryl methyl sites for hydroxylation is 1. The summed E-state index contributed by atoms with van der Waals surface area (Å²) < 4.78 is 32.2. The lowest BCUT2D eigenvalue weighted by Gasteiger charge is -2.11. The average molecular weight is 415 g/mol. The third-order valence-electron chi connectivity index (χ3n) is 4.60. The van der Waals surface area contributed by atoms with Gasteiger partial charge in [0.15, 0.2) is 5.96 Å². The monoisotopic (exact) mass is 414 g/mol. The predicted octanol–water partition coefficient (Wildman–Crippen LogP) is 2.90. The van der Waals surface area contributed by atoms with Gasteiger partial charge in [-0.2, -0.15) is 0 Å². The molecular weight excluding hydrogens is 388 g/mol. The lowest BCUT2D eigenvalue weighted by Crippen LogP contribution is -2.36. The summed E-state index contributed by atoms with van der Waals surface area (Å²) >= 11 is 0. The average Bonchev–Trinajstić information content (AvgIpc) is 3.06. The molecule has 7 nitrogen and oxygen atoms in total. The number of benzene rings is 2. The summed E-state index contributed by atoms with van der Waals surface area (Å²) in [6.07, 6.45) is 0. The normalized spacial score (nSPS) is 12.3. The summed E-state index contributed by atoms with van der Waals surface area (Å²) in [7, 11) is -2.08. The zero-order valence-electron chi connectivity index (χ0n) is 16.8. The number of sulfonamides is 1. The molecular formula is C21H26N4O3S. The number of aliphatic imine (C=N–C) groups is 1. The lowest BCUT2D eigenvalue weighted by molar-refractivity contribution is 0.534. The van der Waals surface area contributed by atoms with E-state index < -0.39 is 10.0 Å². The molecule has 1 heterocycles. The second kappa shape index (κ2) is 9.11. The van der Waals surface area contributed by atoms with Crippen molar-refractivity contribution in [1.82, 2.24) is 15.4 Å². The standard InChI is InChI=1S/C21H26N4O3S/c1-4-23-21(24-13-16-8-7-9-17(12-16)29(26,27)22-3)25-14-20-15(2)18-10-5-6-11-19(18)28-20/h5-12,22H,4,13-14H2,1-3H3,(H2,23,24,25). The number of hydrogen-bond acceptors (Lipinski definition) is 4. The Kier molecular flexibility index (Phi) is 6.56. The van der Waals surface area contributed by atoms with Crippen molar-refractivity contribution in [3.8, 4) is 0 Å². The Balaban J connectivity index is 1.73. The molecule has 0 fully saturated rings. The Bertz CT molecular complexity index is 1120. The molecule has 0 spiro atoms. The van der Waals surface area contributed by atoms with Crippen LogP contribution in [0.25, 0.3) is 11.0 Å². The Labute approximate surface area is 171 Å². The van der Waals surface area contributed by atoms with Crippen molar-refractivity contribution in [2.24, 2.45) is 4.99 Å². The highest BCUT2D eigenvalue weighted by molar-refractivity contribution is 7.89. The van der Waals surface area contributed by atoms with E-state index in [-0.39, 0.29) is 4.90 Å². The van der Waals surface area contributed by atoms with Gasteiger partial charge in [-0.25, -0.2) is 18.1 Å². The van der Waals surface area contributed by atoms with E-state index in [4.69, 9.17) is 4.42 Å². The molecule has 0 saturated heterocycles. The number of nitrogens with zero attached hydrogens (tertiary/aromatic N) is 1. The molecule has 3 N–H and O–H groups in total. The van der Waals surface area contributed by atoms with Gasteiger partial charge in [-0.3, -0.25) is 0 Å². The number of rotatable bonds is 7. The Morgan fingerprint density at radius 3 is 2.62 bits per heavy atom. The van der Waals surface area contributed by atoms with Crippen LogP contribution in [0.5, 0.6) is 0 Å². The molecule has 0 aliphatic heterocycles. The fraction of sp³-hybridized carbons (Fsp3) is 0.286. The maximum absolute atomic E-state index is 12.0. The van der Waals surface area contributed by atoms with Crippen LogP contribution in [0, 0.1) is 6.92 Å². The highest BCUT2D eigenvalue weighted by atomic mass is 32.2. The largest absolute Gasteiger partial charge is 0.459 e. The van der Waals surface area contributed by atoms with Gasteiger partial charge in [-0.05, 0) is 44.7 Å². The first-order valence-electron chi connectivity index (χ1n) is 9.46. The van der Waals surface area contributed by atoms with E-state index in [9.17, 15) is 8.42 Å². The summed E-state index contributed by atoms with van der Waals surface area (Å²) in [5.41, 5.74) is 2.78. The van der Waals surface area contributed by atoms with Crippen LogP contribution < -0.4 is 15.4 Å². The molecule has 1 aromatic heterocycles. The molecule has 0 bridgehead atoms. The van der Waals surface area contributed by atoms with Crippen molar-refractivity contribution in [3.63, 3.8) is 0 Å². The molecule has 2 aromatic carbocycles. The molecule has 0 amide bonds. The highest BCUT2D eigenvalue weighted by Crippen LogP contribution is 2.24. The number of hydrogen-bond donors (Lipinski definition) is 3. The van der Waals surface area contributed by atoms with E-state index >= 15 is 0 Å². The fourth-order valence-electron chi connectivity index (χ4n) is 3.00. The van der Waals surface area contributed by atoms with Crippen LogP contribution in [0.15, 0.2) is 62.8 Å². The van der Waals surface area contributed by atoms with Crippen LogP contribution in [-0.4, -0.2) is 28.0 Å². The molecule has 0 saturated carbocycles. The predicted molar refractivity (Wildman–Crippen MR) is 115 cm³/mol. The van der Waals surface area contributed by atoms with E-state index in [0.717, 1.165) is 27.9 Å². The minimum atomic E-state index is -3.48. The SMILES string of the molecule is CCNC(=NCc1cccc(S(=O)(=O)NC)c1)NCc1oc2ccccc2c1C. The maximum atomic E-state index is 12.0. The van der Waals surface area contributed by atoms with Crippen molar-refractivity contribution in [3.05, 3.63) is 65.4 Å². The Morgan fingerprint density at radius 1 is 1.10 bits per heavy atom. The molecule has 0 atom stereocenters. The van der Waals surface area contributed by atoms with Gasteiger partial charge < -0.3 is 15.1 Å². The van der Waals surface area contributed by atoms with Crippen molar-refractivity contribution in [2.75, 3.05) is 13.6 Å². The molecule has 3 rings (SSSR count). The summed E-state index contributed by atoms with van der Waals surface area (Å²) in [5.74, 6) is 1.49. The number of nitrogens with one attached hydrogen (secondary N) is 3. The molecule has 0 aliphatic rings. The van der Waals surface area contributed by atoms with Crippen molar-refractivity contribution in [2.45, 2.75) is 31.8 Å². The Hall–Kier alpha value is -2.84. The van der Waals surface area contributed by atoms with Gasteiger partial charge in [0.2, 0.25) is 10.0 Å². The van der Waals surface area contributed by atoms with Crippen molar-refractivity contribution in [1.29, 1.82) is 0 Å². The van der Waals surface area contributed by atoms with Gasteiger partial charge in [0, 0.05) is 17.5 Å². The quantitative estimate of drug-likeness (QED) is 0.408. The lowest BCUT2D eigenvalue weighted by atomic mass is 10.1. The van der Waals surface area contributed by atoms with Crippen molar-refractivity contribution < 1.29 is 12.8 Å². The highest BCUT2D eigenvalue weighted by Gasteiger charge is 2.12. The van der Waals surface area contributed by atoms with E-state index in [2.05, 4.69) is 20.3 Å². The smallest absolute Gasteiger partial charge is 0.240 e. The van der Waals surface area contributed by atoms with Gasteiger partial charge in [-0.1, -0.05) is 30.3 Å². The number of guanidine groups is 1. The number of para-hydroxylation sites is 1. The van der Waals surface area contributed by atoms with E-state index in [1.54, 1.807) is 18.2 Å². The van der Waals surface area contributed by atoms with Crippen LogP contribution >= 0.6 is 0 Å². The minimum absolute atomic E-state index is 0.226. The Morgan fingerprint density at radius 2 is 1.90 bits per heavy atom. The summed E-state index contributed by atoms with van der Waals surface area (Å²) in [6.45, 7) is 5.59. The molecule has 29 heavy (non-hydrogen) atoms. The first kappa shape index (κ1) is 20.9. The van der Waals surface area contributed by atoms with E-state index in [1.165, 1.54) is 7.05 Å². The molecule has 0 radical (unpaired) electrons. The third-order valence-corrected chi connectivity index (χ3v) is 6.01. The van der Waals surface area contributed by atoms with Crippen LogP contribution in [0.4, 0.5) is 0 Å². The van der Waals surface area contributed by atoms with Crippen molar-refractivity contribution >= 4 is 27.0 Å². The van der Waals surface area contributed by atoms with Crippen LogP contribution in [0.2, 0.25) is 0 Å². The number of furan rings is 1. The van der Waals surface area contributed by atoms with Gasteiger partial charge in [0.1, 0.15) is 11.3 Å². The molecule has 8 heteroatoms. The third kappa shape index (κ3) is 4.96. The summed E-state index contributed by atoms with van der Waals surface area (Å²) in [4.78, 5) is 4.79. The van der Waals surface area contributed by atoms with E-state index in [1.807, 2.05) is 44.2 Å². The second-order valence-electron chi connectivity index (χ2n) is 6.55. The minimum Gasteiger partial charge on any atom is -0.459 e. The topological polar surface area (TPSA) is 95.7 Å².